The van der Waals surface area contributed by atoms with Crippen LogP contribution in [0.3, 0.4) is 0 Å². The molecule has 0 fully saturated rings. The summed E-state index contributed by atoms with van der Waals surface area (Å²) in [6, 6.07) is 2.67. The predicted octanol–water partition coefficient (Wildman–Crippen LogP) is 2.51. The van der Waals surface area contributed by atoms with Gasteiger partial charge in [-0.05, 0) is 44.4 Å². The zero-order valence-corrected chi connectivity index (χ0v) is 15.4. The summed E-state index contributed by atoms with van der Waals surface area (Å²) >= 11 is 0. The molecule has 0 radical (unpaired) electrons. The Morgan fingerprint density at radius 1 is 1.36 bits per heavy atom. The van der Waals surface area contributed by atoms with Gasteiger partial charge in [-0.25, -0.2) is 0 Å². The molecule has 1 aliphatic rings. The molecule has 6 heteroatoms. The van der Waals surface area contributed by atoms with E-state index in [1.54, 1.807) is 25.1 Å². The van der Waals surface area contributed by atoms with Crippen LogP contribution in [0, 0.1) is 6.92 Å². The number of hydrogen-bond acceptors (Lipinski definition) is 5. The van der Waals surface area contributed by atoms with Gasteiger partial charge in [-0.2, -0.15) is 0 Å². The standard InChI is InChI=1S/C19H28N2O4/c1-5-14(6-2)25-17-10-13(9-15(20)18(17)21-12(4)22)19(23)16-8-7-11(3)24-16/h7-8,10,14-15,17-18H,5-6,9,20H2,1-4H3,(H,21,22)/t15-,17+,18+/m0/s1. The zero-order valence-electron chi connectivity index (χ0n) is 15.4. The lowest BCUT2D eigenvalue weighted by molar-refractivity contribution is -0.121. The number of carbonyl (C=O) groups is 2. The van der Waals surface area contributed by atoms with Crippen LogP contribution < -0.4 is 11.1 Å². The van der Waals surface area contributed by atoms with Gasteiger partial charge in [-0.15, -0.1) is 0 Å². The van der Waals surface area contributed by atoms with Crippen molar-refractivity contribution in [1.82, 2.24) is 5.32 Å². The van der Waals surface area contributed by atoms with Crippen molar-refractivity contribution in [1.29, 1.82) is 0 Å². The molecule has 0 aliphatic heterocycles. The number of aryl methyl sites for hydroxylation is 1. The molecule has 0 unspecified atom stereocenters. The van der Waals surface area contributed by atoms with E-state index in [1.165, 1.54) is 6.92 Å². The number of amides is 1. The highest BCUT2D eigenvalue weighted by Gasteiger charge is 2.36. The maximum Gasteiger partial charge on any atom is 0.224 e. The summed E-state index contributed by atoms with van der Waals surface area (Å²) in [6.45, 7) is 7.35. The highest BCUT2D eigenvalue weighted by atomic mass is 16.5. The minimum absolute atomic E-state index is 0.0463. The molecule has 1 aromatic heterocycles. The number of carbonyl (C=O) groups excluding carboxylic acids is 2. The van der Waals surface area contributed by atoms with Crippen LogP contribution in [0.15, 0.2) is 28.2 Å². The second kappa shape index (κ2) is 8.45. The molecule has 0 saturated carbocycles. The van der Waals surface area contributed by atoms with Crippen LogP contribution in [-0.2, 0) is 9.53 Å². The number of rotatable bonds is 7. The molecule has 0 bridgehead atoms. The second-order valence-corrected chi connectivity index (χ2v) is 6.56. The minimum atomic E-state index is -0.437. The second-order valence-electron chi connectivity index (χ2n) is 6.56. The molecule has 1 aromatic rings. The molecule has 3 N–H and O–H groups in total. The first kappa shape index (κ1) is 19.4. The van der Waals surface area contributed by atoms with E-state index in [0.29, 0.717) is 23.5 Å². The Kier molecular flexibility index (Phi) is 6.56. The Morgan fingerprint density at radius 2 is 2.04 bits per heavy atom. The van der Waals surface area contributed by atoms with Crippen LogP contribution in [-0.4, -0.2) is 36.0 Å². The van der Waals surface area contributed by atoms with Crippen LogP contribution >= 0.6 is 0 Å². The van der Waals surface area contributed by atoms with Crippen molar-refractivity contribution in [3.8, 4) is 0 Å². The molecule has 1 heterocycles. The number of furan rings is 1. The van der Waals surface area contributed by atoms with Gasteiger partial charge in [0.05, 0.1) is 18.2 Å². The Hall–Kier alpha value is -1.92. The number of ether oxygens (including phenoxy) is 1. The molecule has 6 nitrogen and oxygen atoms in total. The molecule has 0 spiro atoms. The molecule has 25 heavy (non-hydrogen) atoms. The third-order valence-electron chi connectivity index (χ3n) is 4.52. The Bertz CT molecular complexity index is 646. The number of nitrogens with two attached hydrogens (primary N) is 1. The number of Topliss-reactive ketones (excluding diaryl/α,β-unsaturated/α-hetero) is 1. The number of hydrogen-bond donors (Lipinski definition) is 2. The molecule has 138 valence electrons. The molecule has 1 aliphatic carbocycles. The van der Waals surface area contributed by atoms with Crippen molar-refractivity contribution < 1.29 is 18.7 Å². The van der Waals surface area contributed by atoms with Gasteiger partial charge in [-0.1, -0.05) is 13.8 Å². The first-order valence-corrected chi connectivity index (χ1v) is 8.85. The van der Waals surface area contributed by atoms with Gasteiger partial charge >= 0.3 is 0 Å². The van der Waals surface area contributed by atoms with Crippen molar-refractivity contribution >= 4 is 11.7 Å². The van der Waals surface area contributed by atoms with Gasteiger partial charge in [0.1, 0.15) is 5.76 Å². The molecule has 2 rings (SSSR count). The Labute approximate surface area is 148 Å². The smallest absolute Gasteiger partial charge is 0.224 e. The van der Waals surface area contributed by atoms with Gasteiger partial charge in [-0.3, -0.25) is 9.59 Å². The van der Waals surface area contributed by atoms with Crippen molar-refractivity contribution in [2.45, 2.75) is 71.2 Å². The predicted molar refractivity (Wildman–Crippen MR) is 95.3 cm³/mol. The summed E-state index contributed by atoms with van der Waals surface area (Å²) in [4.78, 5) is 24.2. The SMILES string of the molecule is CCC(CC)O[C@@H]1C=C(C(=O)c2ccc(C)o2)C[C@H](N)[C@H]1NC(C)=O. The van der Waals surface area contributed by atoms with Crippen molar-refractivity contribution in [3.63, 3.8) is 0 Å². The zero-order chi connectivity index (χ0) is 18.6. The van der Waals surface area contributed by atoms with E-state index in [2.05, 4.69) is 5.32 Å². The van der Waals surface area contributed by atoms with Gasteiger partial charge in [0, 0.05) is 18.5 Å². The van der Waals surface area contributed by atoms with Crippen LogP contribution in [0.5, 0.6) is 0 Å². The Morgan fingerprint density at radius 3 is 2.56 bits per heavy atom. The van der Waals surface area contributed by atoms with Gasteiger partial charge in [0.2, 0.25) is 11.7 Å². The van der Waals surface area contributed by atoms with E-state index in [-0.39, 0.29) is 23.8 Å². The molecule has 1 amide bonds. The Balaban J connectivity index is 2.29. The largest absolute Gasteiger partial charge is 0.458 e. The summed E-state index contributed by atoms with van der Waals surface area (Å²) in [7, 11) is 0. The van der Waals surface area contributed by atoms with Crippen molar-refractivity contribution in [2.24, 2.45) is 5.73 Å². The van der Waals surface area contributed by atoms with Gasteiger partial charge in [0.25, 0.3) is 0 Å². The third-order valence-corrected chi connectivity index (χ3v) is 4.52. The maximum atomic E-state index is 12.7. The van der Waals surface area contributed by atoms with E-state index < -0.39 is 12.1 Å². The van der Waals surface area contributed by atoms with Crippen molar-refractivity contribution in [2.75, 3.05) is 0 Å². The van der Waals surface area contributed by atoms with Crippen LogP contribution in [0.2, 0.25) is 0 Å². The fourth-order valence-corrected chi connectivity index (χ4v) is 3.13. The fraction of sp³-hybridized carbons (Fsp3) is 0.579. The van der Waals surface area contributed by atoms with Crippen LogP contribution in [0.1, 0.15) is 56.3 Å². The molecule has 0 aromatic carbocycles. The molecule has 3 atom stereocenters. The lowest BCUT2D eigenvalue weighted by Gasteiger charge is -2.36. The van der Waals surface area contributed by atoms with E-state index in [9.17, 15) is 9.59 Å². The molecular weight excluding hydrogens is 320 g/mol. The summed E-state index contributed by atoms with van der Waals surface area (Å²) in [5.74, 6) is 0.645. The normalized spacial score (nSPS) is 23.4. The van der Waals surface area contributed by atoms with Gasteiger partial charge in [0.15, 0.2) is 5.76 Å². The average Bonchev–Trinajstić information content (AvgIpc) is 3.00. The quantitative estimate of drug-likeness (QED) is 0.738. The van der Waals surface area contributed by atoms with Crippen LogP contribution in [0.4, 0.5) is 0 Å². The maximum absolute atomic E-state index is 12.7. The topological polar surface area (TPSA) is 94.6 Å². The lowest BCUT2D eigenvalue weighted by atomic mass is 9.86. The van der Waals surface area contributed by atoms with E-state index in [1.807, 2.05) is 13.8 Å². The summed E-state index contributed by atoms with van der Waals surface area (Å²) < 4.78 is 11.6. The fourth-order valence-electron chi connectivity index (χ4n) is 3.13. The third kappa shape index (κ3) is 4.80. The van der Waals surface area contributed by atoms with E-state index in [4.69, 9.17) is 14.9 Å². The monoisotopic (exact) mass is 348 g/mol. The first-order chi connectivity index (χ1) is 11.8. The van der Waals surface area contributed by atoms with Crippen LogP contribution in [0.25, 0.3) is 0 Å². The minimum Gasteiger partial charge on any atom is -0.458 e. The molecule has 0 saturated heterocycles. The highest BCUT2D eigenvalue weighted by Crippen LogP contribution is 2.26. The number of nitrogens with one attached hydrogen (secondary N) is 1. The van der Waals surface area contributed by atoms with Gasteiger partial charge < -0.3 is 20.2 Å². The van der Waals surface area contributed by atoms with Crippen molar-refractivity contribution in [3.05, 3.63) is 35.3 Å². The van der Waals surface area contributed by atoms with E-state index in [0.717, 1.165) is 12.8 Å². The average molecular weight is 348 g/mol. The number of ketones is 1. The summed E-state index contributed by atoms with van der Waals surface area (Å²) in [5, 5.41) is 2.87. The summed E-state index contributed by atoms with van der Waals surface area (Å²) in [5.41, 5.74) is 6.84. The first-order valence-electron chi connectivity index (χ1n) is 8.85. The van der Waals surface area contributed by atoms with E-state index >= 15 is 0 Å². The molecular formula is C19H28N2O4. The lowest BCUT2D eigenvalue weighted by Crippen LogP contribution is -2.57. The highest BCUT2D eigenvalue weighted by molar-refractivity contribution is 6.07. The summed E-state index contributed by atoms with van der Waals surface area (Å²) in [6.07, 6.45) is 3.47.